The van der Waals surface area contributed by atoms with Crippen LogP contribution in [0, 0.1) is 7.40 Å². The molecule has 0 aliphatic carbocycles. The molecule has 58 valence electrons. The first kappa shape index (κ1) is 9.17. The molecule has 0 amide bonds. The van der Waals surface area contributed by atoms with Gasteiger partial charge < -0.3 is 5.11 Å². The van der Waals surface area contributed by atoms with Crippen LogP contribution in [0.2, 0.25) is 0 Å². The molecular weight excluding hydrogens is 372 g/mol. The molecule has 0 atom stereocenters. The van der Waals surface area contributed by atoms with Gasteiger partial charge in [0.05, 0.1) is 5.56 Å². The summed E-state index contributed by atoms with van der Waals surface area (Å²) < 4.78 is 1.33. The molecule has 0 saturated carbocycles. The lowest BCUT2D eigenvalue weighted by atomic mass is 10.3. The van der Waals surface area contributed by atoms with Gasteiger partial charge in [-0.05, 0) is 57.3 Å². The molecule has 0 spiro atoms. The van der Waals surface area contributed by atoms with Gasteiger partial charge in [0.25, 0.3) is 0 Å². The van der Waals surface area contributed by atoms with Gasteiger partial charge >= 0.3 is 5.97 Å². The molecule has 0 bridgehead atoms. The summed E-state index contributed by atoms with van der Waals surface area (Å²) in [5.74, 6) is -0.932. The van der Waals surface area contributed by atoms with Crippen molar-refractivity contribution in [3.05, 3.63) is 25.1 Å². The number of aromatic nitrogens is 1. The lowest BCUT2D eigenvalue weighted by molar-refractivity contribution is 0.0695. The lowest BCUT2D eigenvalue weighted by Gasteiger charge is -1.96. The fraction of sp³-hybridized carbons (Fsp3) is 0. The SMILES string of the molecule is O=C(O)c1ccc(I)nc1I. The Bertz CT molecular complexity index is 301. The second-order valence-electron chi connectivity index (χ2n) is 1.78. The van der Waals surface area contributed by atoms with Crippen molar-refractivity contribution < 1.29 is 9.90 Å². The molecule has 5 heteroatoms. The maximum absolute atomic E-state index is 10.5. The fourth-order valence-corrected chi connectivity index (χ4v) is 2.12. The Morgan fingerprint density at radius 1 is 1.45 bits per heavy atom. The summed E-state index contributed by atoms with van der Waals surface area (Å²) in [5.41, 5.74) is 0.256. The van der Waals surface area contributed by atoms with Gasteiger partial charge in [-0.2, -0.15) is 0 Å². The summed E-state index contributed by atoms with van der Waals surface area (Å²) in [7, 11) is 0. The first-order chi connectivity index (χ1) is 5.11. The number of pyridine rings is 1. The van der Waals surface area contributed by atoms with Crippen LogP contribution in [-0.4, -0.2) is 16.1 Å². The highest BCUT2D eigenvalue weighted by molar-refractivity contribution is 14.1. The summed E-state index contributed by atoms with van der Waals surface area (Å²) in [4.78, 5) is 14.5. The van der Waals surface area contributed by atoms with Gasteiger partial charge in [0, 0.05) is 0 Å². The number of hydrogen-bond donors (Lipinski definition) is 1. The normalized spacial score (nSPS) is 9.64. The molecule has 1 aromatic heterocycles. The van der Waals surface area contributed by atoms with Gasteiger partial charge in [-0.15, -0.1) is 0 Å². The Kier molecular flexibility index (Phi) is 3.05. The fourth-order valence-electron chi connectivity index (χ4n) is 0.572. The van der Waals surface area contributed by atoms with Crippen molar-refractivity contribution in [1.82, 2.24) is 4.98 Å². The summed E-state index contributed by atoms with van der Waals surface area (Å²) in [5, 5.41) is 8.61. The third-order valence-corrected chi connectivity index (χ3v) is 2.47. The molecule has 0 unspecified atom stereocenters. The van der Waals surface area contributed by atoms with E-state index in [1.165, 1.54) is 0 Å². The number of nitrogens with zero attached hydrogens (tertiary/aromatic N) is 1. The predicted octanol–water partition coefficient (Wildman–Crippen LogP) is 1.99. The quantitative estimate of drug-likeness (QED) is 0.604. The molecule has 0 saturated heterocycles. The second kappa shape index (κ2) is 3.65. The Hall–Kier alpha value is 0.0800. The summed E-state index contributed by atoms with van der Waals surface area (Å²) in [6, 6.07) is 3.23. The zero-order valence-corrected chi connectivity index (χ0v) is 9.53. The highest BCUT2D eigenvalue weighted by Gasteiger charge is 2.08. The molecule has 1 heterocycles. The van der Waals surface area contributed by atoms with Crippen LogP contribution in [0.3, 0.4) is 0 Å². The van der Waals surface area contributed by atoms with Crippen LogP contribution >= 0.6 is 45.2 Å². The van der Waals surface area contributed by atoms with E-state index in [0.29, 0.717) is 3.70 Å². The average Bonchev–Trinajstić information content (AvgIpc) is 1.85. The molecular formula is C6H3I2NO2. The Labute approximate surface area is 90.5 Å². The molecule has 11 heavy (non-hydrogen) atoms. The topological polar surface area (TPSA) is 50.2 Å². The molecule has 1 aromatic rings. The van der Waals surface area contributed by atoms with Gasteiger partial charge in [-0.1, -0.05) is 0 Å². The van der Waals surface area contributed by atoms with E-state index in [1.54, 1.807) is 12.1 Å². The van der Waals surface area contributed by atoms with Crippen molar-refractivity contribution in [1.29, 1.82) is 0 Å². The molecule has 3 nitrogen and oxygen atoms in total. The van der Waals surface area contributed by atoms with E-state index in [0.717, 1.165) is 3.70 Å². The number of rotatable bonds is 1. The van der Waals surface area contributed by atoms with E-state index in [1.807, 2.05) is 45.2 Å². The van der Waals surface area contributed by atoms with Crippen LogP contribution in [0.4, 0.5) is 0 Å². The van der Waals surface area contributed by atoms with Crippen LogP contribution in [0.25, 0.3) is 0 Å². The highest BCUT2D eigenvalue weighted by atomic mass is 127. The van der Waals surface area contributed by atoms with Gasteiger partial charge in [0.15, 0.2) is 0 Å². The van der Waals surface area contributed by atoms with E-state index in [4.69, 9.17) is 5.11 Å². The van der Waals surface area contributed by atoms with Gasteiger partial charge in [0.2, 0.25) is 0 Å². The van der Waals surface area contributed by atoms with Crippen LogP contribution in [-0.2, 0) is 0 Å². The van der Waals surface area contributed by atoms with Crippen LogP contribution < -0.4 is 0 Å². The van der Waals surface area contributed by atoms with E-state index in [-0.39, 0.29) is 5.56 Å². The van der Waals surface area contributed by atoms with Crippen molar-refractivity contribution in [2.75, 3.05) is 0 Å². The zero-order chi connectivity index (χ0) is 8.43. The van der Waals surface area contributed by atoms with Crippen LogP contribution in [0.1, 0.15) is 10.4 Å². The number of carboxylic acids is 1. The summed E-state index contributed by atoms with van der Waals surface area (Å²) >= 11 is 3.94. The van der Waals surface area contributed by atoms with E-state index in [2.05, 4.69) is 4.98 Å². The number of hydrogen-bond acceptors (Lipinski definition) is 2. The summed E-state index contributed by atoms with van der Waals surface area (Å²) in [6.45, 7) is 0. The van der Waals surface area contributed by atoms with Crippen LogP contribution in [0.5, 0.6) is 0 Å². The van der Waals surface area contributed by atoms with Gasteiger partial charge in [0.1, 0.15) is 7.40 Å². The smallest absolute Gasteiger partial charge is 0.338 e. The maximum atomic E-state index is 10.5. The number of aromatic carboxylic acids is 1. The predicted molar refractivity (Wildman–Crippen MR) is 56.6 cm³/mol. The zero-order valence-electron chi connectivity index (χ0n) is 5.21. The Morgan fingerprint density at radius 2 is 2.09 bits per heavy atom. The molecule has 0 fully saturated rings. The first-order valence-corrected chi connectivity index (χ1v) is 4.82. The molecule has 0 aliphatic heterocycles. The number of halogens is 2. The van der Waals surface area contributed by atoms with Crippen LogP contribution in [0.15, 0.2) is 12.1 Å². The standard InChI is InChI=1S/C6H3I2NO2/c7-4-2-1-3(6(10)11)5(8)9-4/h1-2H,(H,10,11). The Balaban J connectivity index is 3.20. The molecule has 0 aliphatic rings. The lowest BCUT2D eigenvalue weighted by Crippen LogP contribution is -2.01. The van der Waals surface area contributed by atoms with Gasteiger partial charge in [-0.3, -0.25) is 0 Å². The van der Waals surface area contributed by atoms with Crippen molar-refractivity contribution >= 4 is 51.2 Å². The third-order valence-electron chi connectivity index (χ3n) is 1.05. The highest BCUT2D eigenvalue weighted by Crippen LogP contribution is 2.11. The number of carbonyl (C=O) groups is 1. The van der Waals surface area contributed by atoms with Crippen molar-refractivity contribution in [3.8, 4) is 0 Å². The molecule has 1 N–H and O–H groups in total. The van der Waals surface area contributed by atoms with Crippen molar-refractivity contribution in [3.63, 3.8) is 0 Å². The first-order valence-electron chi connectivity index (χ1n) is 2.66. The number of carboxylic acid groups (broad SMARTS) is 1. The van der Waals surface area contributed by atoms with Crippen molar-refractivity contribution in [2.24, 2.45) is 0 Å². The third kappa shape index (κ3) is 2.26. The second-order valence-corrected chi connectivity index (χ2v) is 3.90. The summed E-state index contributed by atoms with van der Waals surface area (Å²) in [6.07, 6.45) is 0. The van der Waals surface area contributed by atoms with Crippen molar-refractivity contribution in [2.45, 2.75) is 0 Å². The van der Waals surface area contributed by atoms with E-state index in [9.17, 15) is 4.79 Å². The minimum absolute atomic E-state index is 0.256. The Morgan fingerprint density at radius 3 is 2.55 bits per heavy atom. The molecule has 0 radical (unpaired) electrons. The molecule has 1 rings (SSSR count). The minimum Gasteiger partial charge on any atom is -0.478 e. The molecule has 0 aromatic carbocycles. The average molecular weight is 375 g/mol. The van der Waals surface area contributed by atoms with E-state index < -0.39 is 5.97 Å². The van der Waals surface area contributed by atoms with E-state index >= 15 is 0 Å². The maximum Gasteiger partial charge on any atom is 0.338 e. The van der Waals surface area contributed by atoms with Gasteiger partial charge in [-0.25, -0.2) is 9.78 Å². The monoisotopic (exact) mass is 375 g/mol. The minimum atomic E-state index is -0.932. The largest absolute Gasteiger partial charge is 0.478 e.